The number of hydrogen-bond donors (Lipinski definition) is 1. The molecule has 0 radical (unpaired) electrons. The van der Waals surface area contributed by atoms with Crippen molar-refractivity contribution in [2.45, 2.75) is 70.9 Å². The molecular weight excluding hydrogens is 220 g/mol. The summed E-state index contributed by atoms with van der Waals surface area (Å²) in [7, 11) is 0. The first-order valence-corrected chi connectivity index (χ1v) is 8.00. The maximum atomic E-state index is 3.83. The van der Waals surface area contributed by atoms with E-state index in [9.17, 15) is 0 Å². The zero-order chi connectivity index (χ0) is 12.8. The Bertz CT molecular complexity index is 302. The van der Waals surface area contributed by atoms with E-state index in [0.717, 1.165) is 5.92 Å². The van der Waals surface area contributed by atoms with Gasteiger partial charge in [-0.1, -0.05) is 19.8 Å². The van der Waals surface area contributed by atoms with Crippen molar-refractivity contribution in [2.75, 3.05) is 19.6 Å². The average molecular weight is 250 g/mol. The molecule has 0 bridgehead atoms. The molecule has 1 N–H and O–H groups in total. The lowest BCUT2D eigenvalue weighted by atomic mass is 9.85. The monoisotopic (exact) mass is 250 g/mol. The van der Waals surface area contributed by atoms with E-state index in [0.29, 0.717) is 17.0 Å². The van der Waals surface area contributed by atoms with E-state index < -0.39 is 0 Å². The molecule has 2 nitrogen and oxygen atoms in total. The molecule has 2 aliphatic carbocycles. The predicted molar refractivity (Wildman–Crippen MR) is 76.7 cm³/mol. The second kappa shape index (κ2) is 4.49. The number of nitrogens with zero attached hydrogens (tertiary/aromatic N) is 1. The van der Waals surface area contributed by atoms with Gasteiger partial charge < -0.3 is 5.32 Å². The summed E-state index contributed by atoms with van der Waals surface area (Å²) < 4.78 is 0. The molecule has 3 rings (SSSR count). The molecular formula is C16H30N2. The van der Waals surface area contributed by atoms with Crippen LogP contribution in [0.15, 0.2) is 0 Å². The molecule has 3 aliphatic rings. The highest BCUT2D eigenvalue weighted by molar-refractivity contribution is 5.04. The molecule has 2 heteroatoms. The van der Waals surface area contributed by atoms with Crippen LogP contribution in [0.1, 0.15) is 59.3 Å². The lowest BCUT2D eigenvalue weighted by Crippen LogP contribution is -2.64. The molecule has 1 saturated heterocycles. The quantitative estimate of drug-likeness (QED) is 0.828. The first kappa shape index (κ1) is 12.9. The fourth-order valence-electron chi connectivity index (χ4n) is 4.23. The normalized spacial score (nSPS) is 41.2. The minimum absolute atomic E-state index is 0.404. The second-order valence-electron chi connectivity index (χ2n) is 7.84. The van der Waals surface area contributed by atoms with Crippen molar-refractivity contribution in [1.82, 2.24) is 10.2 Å². The molecule has 3 fully saturated rings. The second-order valence-corrected chi connectivity index (χ2v) is 7.84. The molecule has 0 amide bonds. The Morgan fingerprint density at radius 1 is 1.17 bits per heavy atom. The number of nitrogens with one attached hydrogen (secondary N) is 1. The fourth-order valence-corrected chi connectivity index (χ4v) is 4.23. The van der Waals surface area contributed by atoms with Gasteiger partial charge >= 0.3 is 0 Å². The molecule has 1 heterocycles. The summed E-state index contributed by atoms with van der Waals surface area (Å²) in [5.41, 5.74) is 1.01. The highest BCUT2D eigenvalue weighted by Crippen LogP contribution is 2.43. The van der Waals surface area contributed by atoms with Crippen molar-refractivity contribution in [3.05, 3.63) is 0 Å². The summed E-state index contributed by atoms with van der Waals surface area (Å²) in [6.07, 6.45) is 8.70. The van der Waals surface area contributed by atoms with Gasteiger partial charge in [0, 0.05) is 31.2 Å². The SMILES string of the molecule is CC1CNC(C)(C2CC2)CN1CC1(C)CCCC1. The minimum atomic E-state index is 0.404. The van der Waals surface area contributed by atoms with Crippen LogP contribution in [0.5, 0.6) is 0 Å². The summed E-state index contributed by atoms with van der Waals surface area (Å²) in [6, 6.07) is 0.717. The van der Waals surface area contributed by atoms with Crippen LogP contribution in [0.3, 0.4) is 0 Å². The van der Waals surface area contributed by atoms with E-state index in [2.05, 4.69) is 31.0 Å². The standard InChI is InChI=1S/C16H30N2/c1-13-10-17-16(3,14-6-7-14)12-18(13)11-15(2)8-4-5-9-15/h13-14,17H,4-12H2,1-3H3. The van der Waals surface area contributed by atoms with Crippen molar-refractivity contribution in [2.24, 2.45) is 11.3 Å². The van der Waals surface area contributed by atoms with E-state index in [1.807, 2.05) is 0 Å². The third-order valence-electron chi connectivity index (χ3n) is 5.83. The summed E-state index contributed by atoms with van der Waals surface area (Å²) >= 11 is 0. The zero-order valence-electron chi connectivity index (χ0n) is 12.5. The Morgan fingerprint density at radius 3 is 2.44 bits per heavy atom. The van der Waals surface area contributed by atoms with Crippen molar-refractivity contribution in [1.29, 1.82) is 0 Å². The van der Waals surface area contributed by atoms with Gasteiger partial charge in [-0.05, 0) is 50.9 Å². The van der Waals surface area contributed by atoms with E-state index in [1.165, 1.54) is 58.2 Å². The highest BCUT2D eigenvalue weighted by Gasteiger charge is 2.46. The number of rotatable bonds is 3. The zero-order valence-corrected chi connectivity index (χ0v) is 12.5. The van der Waals surface area contributed by atoms with Crippen molar-refractivity contribution in [3.8, 4) is 0 Å². The van der Waals surface area contributed by atoms with Crippen molar-refractivity contribution >= 4 is 0 Å². The van der Waals surface area contributed by atoms with Gasteiger partial charge in [0.15, 0.2) is 0 Å². The van der Waals surface area contributed by atoms with Crippen LogP contribution in [0.4, 0.5) is 0 Å². The van der Waals surface area contributed by atoms with Crippen molar-refractivity contribution < 1.29 is 0 Å². The van der Waals surface area contributed by atoms with Crippen LogP contribution in [0, 0.1) is 11.3 Å². The Labute approximate surface area is 113 Å². The first-order valence-electron chi connectivity index (χ1n) is 8.00. The van der Waals surface area contributed by atoms with Crippen LogP contribution in [-0.2, 0) is 0 Å². The van der Waals surface area contributed by atoms with Crippen LogP contribution in [-0.4, -0.2) is 36.1 Å². The topological polar surface area (TPSA) is 15.3 Å². The van der Waals surface area contributed by atoms with Gasteiger partial charge in [0.25, 0.3) is 0 Å². The van der Waals surface area contributed by atoms with Crippen LogP contribution in [0.2, 0.25) is 0 Å². The fraction of sp³-hybridized carbons (Fsp3) is 1.00. The highest BCUT2D eigenvalue weighted by atomic mass is 15.3. The molecule has 104 valence electrons. The Balaban J connectivity index is 1.65. The van der Waals surface area contributed by atoms with E-state index in [-0.39, 0.29) is 0 Å². The predicted octanol–water partition coefficient (Wildman–Crippen LogP) is 3.03. The molecule has 0 spiro atoms. The first-order chi connectivity index (χ1) is 8.51. The maximum Gasteiger partial charge on any atom is 0.0309 e. The van der Waals surface area contributed by atoms with Gasteiger partial charge in [0.2, 0.25) is 0 Å². The van der Waals surface area contributed by atoms with Gasteiger partial charge in [-0.3, -0.25) is 4.90 Å². The number of hydrogen-bond acceptors (Lipinski definition) is 2. The van der Waals surface area contributed by atoms with Crippen LogP contribution < -0.4 is 5.32 Å². The molecule has 18 heavy (non-hydrogen) atoms. The molecule has 2 unspecified atom stereocenters. The lowest BCUT2D eigenvalue weighted by Gasteiger charge is -2.48. The summed E-state index contributed by atoms with van der Waals surface area (Å²) in [4.78, 5) is 2.79. The number of piperazine rings is 1. The van der Waals surface area contributed by atoms with Gasteiger partial charge in [-0.2, -0.15) is 0 Å². The smallest absolute Gasteiger partial charge is 0.0309 e. The Kier molecular flexibility index (Phi) is 3.22. The summed E-state index contributed by atoms with van der Waals surface area (Å²) in [6.45, 7) is 11.2. The van der Waals surface area contributed by atoms with Gasteiger partial charge in [0.1, 0.15) is 0 Å². The molecule has 2 saturated carbocycles. The van der Waals surface area contributed by atoms with Gasteiger partial charge in [-0.25, -0.2) is 0 Å². The van der Waals surface area contributed by atoms with Crippen molar-refractivity contribution in [3.63, 3.8) is 0 Å². The maximum absolute atomic E-state index is 3.83. The molecule has 0 aromatic rings. The molecule has 2 atom stereocenters. The Morgan fingerprint density at radius 2 is 1.83 bits per heavy atom. The summed E-state index contributed by atoms with van der Waals surface area (Å²) in [5.74, 6) is 0.948. The van der Waals surface area contributed by atoms with Gasteiger partial charge in [-0.15, -0.1) is 0 Å². The van der Waals surface area contributed by atoms with E-state index in [1.54, 1.807) is 0 Å². The third-order valence-corrected chi connectivity index (χ3v) is 5.83. The molecule has 1 aliphatic heterocycles. The Hall–Kier alpha value is -0.0800. The summed E-state index contributed by atoms with van der Waals surface area (Å²) in [5, 5.41) is 3.83. The molecule has 0 aromatic heterocycles. The van der Waals surface area contributed by atoms with Crippen LogP contribution >= 0.6 is 0 Å². The van der Waals surface area contributed by atoms with E-state index in [4.69, 9.17) is 0 Å². The largest absolute Gasteiger partial charge is 0.308 e. The minimum Gasteiger partial charge on any atom is -0.308 e. The van der Waals surface area contributed by atoms with E-state index >= 15 is 0 Å². The van der Waals surface area contributed by atoms with Gasteiger partial charge in [0.05, 0.1) is 0 Å². The lowest BCUT2D eigenvalue weighted by molar-refractivity contribution is 0.0480. The third kappa shape index (κ3) is 2.46. The van der Waals surface area contributed by atoms with Crippen LogP contribution in [0.25, 0.3) is 0 Å². The molecule has 0 aromatic carbocycles. The average Bonchev–Trinajstić information content (AvgIpc) is 3.09.